The Morgan fingerprint density at radius 2 is 1.93 bits per heavy atom. The summed E-state index contributed by atoms with van der Waals surface area (Å²) in [4.78, 5) is 32.0. The second-order valence-corrected chi connectivity index (χ2v) is 8.31. The lowest BCUT2D eigenvalue weighted by molar-refractivity contribution is -0.116. The van der Waals surface area contributed by atoms with Gasteiger partial charge in [-0.1, -0.05) is 36.0 Å². The Labute approximate surface area is 177 Å². The maximum Gasteiger partial charge on any atom is 0.257 e. The van der Waals surface area contributed by atoms with E-state index in [4.69, 9.17) is 0 Å². The van der Waals surface area contributed by atoms with E-state index in [2.05, 4.69) is 31.2 Å². The molecule has 2 aromatic carbocycles. The third-order valence-corrected chi connectivity index (χ3v) is 6.13. The molecule has 3 aromatic rings. The van der Waals surface area contributed by atoms with E-state index in [0.717, 1.165) is 11.8 Å². The molecule has 2 N–H and O–H groups in total. The van der Waals surface area contributed by atoms with Crippen molar-refractivity contribution in [2.75, 3.05) is 5.32 Å². The van der Waals surface area contributed by atoms with E-state index in [1.165, 1.54) is 12.1 Å². The molecule has 1 aliphatic rings. The van der Waals surface area contributed by atoms with Crippen LogP contribution in [-0.2, 0) is 10.5 Å². The molecule has 9 heteroatoms. The first-order valence-electron chi connectivity index (χ1n) is 8.67. The van der Waals surface area contributed by atoms with Gasteiger partial charge < -0.3 is 10.3 Å². The zero-order valence-corrected chi connectivity index (χ0v) is 17.2. The van der Waals surface area contributed by atoms with Gasteiger partial charge in [0.1, 0.15) is 17.5 Å². The van der Waals surface area contributed by atoms with Crippen molar-refractivity contribution in [3.63, 3.8) is 0 Å². The van der Waals surface area contributed by atoms with E-state index >= 15 is 0 Å². The van der Waals surface area contributed by atoms with Crippen LogP contribution in [0.25, 0.3) is 0 Å². The molecular formula is C20H14BrF2N3O2S. The van der Waals surface area contributed by atoms with Crippen LogP contribution in [0.3, 0.4) is 0 Å². The molecule has 29 heavy (non-hydrogen) atoms. The number of thioether (sulfide) groups is 1. The Morgan fingerprint density at radius 1 is 1.14 bits per heavy atom. The van der Waals surface area contributed by atoms with Crippen molar-refractivity contribution >= 4 is 39.4 Å². The van der Waals surface area contributed by atoms with Crippen molar-refractivity contribution in [1.29, 1.82) is 0 Å². The Balaban J connectivity index is 1.67. The van der Waals surface area contributed by atoms with E-state index in [9.17, 15) is 18.4 Å². The summed E-state index contributed by atoms with van der Waals surface area (Å²) in [6, 6.07) is 10.7. The summed E-state index contributed by atoms with van der Waals surface area (Å²) in [5.74, 6) is -1.15. The standard InChI is InChI=1S/C20H14BrF2N3O2S/c21-13-7-10(5-6-15(13)23)12-8-16(27)24-18-17(12)19(28)26-20(25-18)29-9-11-3-1-2-4-14(11)22/h1-7,12H,8-9H2,(H2,24,25,26,27,28). The van der Waals surface area contributed by atoms with Crippen molar-refractivity contribution < 1.29 is 13.6 Å². The van der Waals surface area contributed by atoms with Crippen molar-refractivity contribution in [1.82, 2.24) is 9.97 Å². The fourth-order valence-corrected chi connectivity index (χ4v) is 4.44. The van der Waals surface area contributed by atoms with E-state index in [0.29, 0.717) is 16.7 Å². The summed E-state index contributed by atoms with van der Waals surface area (Å²) in [5, 5.41) is 2.91. The number of benzene rings is 2. The van der Waals surface area contributed by atoms with Crippen LogP contribution in [0.15, 0.2) is 56.9 Å². The molecule has 5 nitrogen and oxygen atoms in total. The molecule has 0 saturated carbocycles. The highest BCUT2D eigenvalue weighted by Gasteiger charge is 2.31. The molecule has 1 aliphatic heterocycles. The van der Waals surface area contributed by atoms with Crippen molar-refractivity contribution in [3.8, 4) is 0 Å². The molecule has 0 bridgehead atoms. The van der Waals surface area contributed by atoms with E-state index in [1.807, 2.05) is 0 Å². The van der Waals surface area contributed by atoms with Crippen LogP contribution in [0, 0.1) is 11.6 Å². The second-order valence-electron chi connectivity index (χ2n) is 6.49. The predicted octanol–water partition coefficient (Wildman–Crippen LogP) is 4.58. The van der Waals surface area contributed by atoms with Gasteiger partial charge >= 0.3 is 0 Å². The number of aromatic nitrogens is 2. The van der Waals surface area contributed by atoms with Crippen LogP contribution < -0.4 is 10.9 Å². The van der Waals surface area contributed by atoms with E-state index in [1.54, 1.807) is 30.3 Å². The number of H-pyrrole nitrogens is 1. The van der Waals surface area contributed by atoms with Crippen LogP contribution in [0.4, 0.5) is 14.6 Å². The van der Waals surface area contributed by atoms with Gasteiger partial charge in [-0.25, -0.2) is 13.8 Å². The SMILES string of the molecule is O=C1CC(c2ccc(F)c(Br)c2)c2c(nc(SCc3ccccc3F)[nH]c2=O)N1. The lowest BCUT2D eigenvalue weighted by Gasteiger charge is -2.24. The normalized spacial score (nSPS) is 15.7. The van der Waals surface area contributed by atoms with Gasteiger partial charge in [-0.3, -0.25) is 9.59 Å². The zero-order chi connectivity index (χ0) is 20.5. The van der Waals surface area contributed by atoms with Crippen molar-refractivity contribution in [2.24, 2.45) is 0 Å². The minimum Gasteiger partial charge on any atom is -0.310 e. The maximum absolute atomic E-state index is 13.8. The predicted molar refractivity (Wildman–Crippen MR) is 110 cm³/mol. The number of fused-ring (bicyclic) bond motifs is 1. The number of aromatic amines is 1. The Morgan fingerprint density at radius 3 is 2.69 bits per heavy atom. The van der Waals surface area contributed by atoms with Crippen LogP contribution in [0.5, 0.6) is 0 Å². The minimum absolute atomic E-state index is 0.0531. The molecule has 0 spiro atoms. The molecule has 4 rings (SSSR count). The maximum atomic E-state index is 13.8. The molecule has 148 valence electrons. The summed E-state index contributed by atoms with van der Waals surface area (Å²) in [7, 11) is 0. The molecular weight excluding hydrogens is 464 g/mol. The van der Waals surface area contributed by atoms with E-state index < -0.39 is 17.3 Å². The molecule has 1 unspecified atom stereocenters. The number of carbonyl (C=O) groups is 1. The number of hydrogen-bond acceptors (Lipinski definition) is 4. The lowest BCUT2D eigenvalue weighted by Crippen LogP contribution is -2.31. The number of nitrogens with one attached hydrogen (secondary N) is 2. The highest BCUT2D eigenvalue weighted by Crippen LogP contribution is 2.36. The second kappa shape index (κ2) is 8.08. The fourth-order valence-electron chi connectivity index (χ4n) is 3.19. The zero-order valence-electron chi connectivity index (χ0n) is 14.8. The van der Waals surface area contributed by atoms with Gasteiger partial charge in [0.25, 0.3) is 5.56 Å². The van der Waals surface area contributed by atoms with Crippen LogP contribution in [0.2, 0.25) is 0 Å². The Hall–Kier alpha value is -2.52. The smallest absolute Gasteiger partial charge is 0.257 e. The summed E-state index contributed by atoms with van der Waals surface area (Å²) in [6.45, 7) is 0. The number of nitrogens with zero attached hydrogens (tertiary/aromatic N) is 1. The number of anilines is 1. The average Bonchev–Trinajstić information content (AvgIpc) is 2.68. The van der Waals surface area contributed by atoms with Gasteiger partial charge in [0, 0.05) is 18.1 Å². The molecule has 2 heterocycles. The largest absolute Gasteiger partial charge is 0.310 e. The van der Waals surface area contributed by atoms with Crippen molar-refractivity contribution in [3.05, 3.63) is 85.6 Å². The highest BCUT2D eigenvalue weighted by atomic mass is 79.9. The van der Waals surface area contributed by atoms with Crippen LogP contribution in [0.1, 0.15) is 29.0 Å². The summed E-state index contributed by atoms with van der Waals surface area (Å²) >= 11 is 4.30. The van der Waals surface area contributed by atoms with Crippen LogP contribution in [-0.4, -0.2) is 15.9 Å². The monoisotopic (exact) mass is 477 g/mol. The third kappa shape index (κ3) is 4.11. The minimum atomic E-state index is -0.544. The number of halogens is 3. The summed E-state index contributed by atoms with van der Waals surface area (Å²) in [6.07, 6.45) is 0.0531. The average molecular weight is 478 g/mol. The number of rotatable bonds is 4. The molecule has 1 aromatic heterocycles. The van der Waals surface area contributed by atoms with Gasteiger partial charge in [-0.2, -0.15) is 0 Å². The van der Waals surface area contributed by atoms with Gasteiger partial charge in [-0.05, 0) is 45.3 Å². The van der Waals surface area contributed by atoms with Gasteiger partial charge in [0.2, 0.25) is 5.91 Å². The molecule has 1 amide bonds. The number of carbonyl (C=O) groups excluding carboxylic acids is 1. The van der Waals surface area contributed by atoms with Crippen molar-refractivity contribution in [2.45, 2.75) is 23.2 Å². The molecule has 0 fully saturated rings. The first kappa shape index (κ1) is 19.8. The quantitative estimate of drug-likeness (QED) is 0.426. The Kier molecular flexibility index (Phi) is 5.51. The van der Waals surface area contributed by atoms with Gasteiger partial charge in [0.15, 0.2) is 5.16 Å². The van der Waals surface area contributed by atoms with Crippen LogP contribution >= 0.6 is 27.7 Å². The first-order valence-corrected chi connectivity index (χ1v) is 10.5. The summed E-state index contributed by atoms with van der Waals surface area (Å²) in [5.41, 5.74) is 1.04. The molecule has 0 aliphatic carbocycles. The molecule has 1 atom stereocenters. The first-order chi connectivity index (χ1) is 13.9. The molecule has 0 saturated heterocycles. The topological polar surface area (TPSA) is 74.8 Å². The van der Waals surface area contributed by atoms with E-state index in [-0.39, 0.29) is 39.3 Å². The Bertz CT molecular complexity index is 1170. The van der Waals surface area contributed by atoms with Gasteiger partial charge in [0.05, 0.1) is 10.0 Å². The lowest BCUT2D eigenvalue weighted by atomic mass is 9.87. The highest BCUT2D eigenvalue weighted by molar-refractivity contribution is 9.10. The van der Waals surface area contributed by atoms with Gasteiger partial charge in [-0.15, -0.1) is 0 Å². The number of amides is 1. The fraction of sp³-hybridized carbons (Fsp3) is 0.150. The third-order valence-electron chi connectivity index (χ3n) is 4.60. The molecule has 0 radical (unpaired) electrons. The summed E-state index contributed by atoms with van der Waals surface area (Å²) < 4.78 is 27.6. The number of hydrogen-bond donors (Lipinski definition) is 2.